The molecule has 0 saturated heterocycles. The number of rotatable bonds is 5. The first kappa shape index (κ1) is 12.6. The van der Waals surface area contributed by atoms with Gasteiger partial charge in [0.25, 0.3) is 0 Å². The van der Waals surface area contributed by atoms with Gasteiger partial charge < -0.3 is 10.3 Å². The maximum absolute atomic E-state index is 4.53. The Hall–Kier alpha value is -0.830. The predicted octanol–water partition coefficient (Wildman–Crippen LogP) is 3.06. The number of nitrogens with one attached hydrogen (secondary N) is 2. The lowest BCUT2D eigenvalue weighted by atomic mass is 10.1. The maximum Gasteiger partial charge on any atom is 0.109 e. The van der Waals surface area contributed by atoms with E-state index in [9.17, 15) is 0 Å². The van der Waals surface area contributed by atoms with Crippen molar-refractivity contribution in [2.45, 2.75) is 52.5 Å². The van der Waals surface area contributed by atoms with Gasteiger partial charge in [-0.1, -0.05) is 20.8 Å². The second kappa shape index (κ2) is 5.67. The molecule has 17 heavy (non-hydrogen) atoms. The van der Waals surface area contributed by atoms with Gasteiger partial charge in [-0.2, -0.15) is 0 Å². The van der Waals surface area contributed by atoms with E-state index < -0.39 is 0 Å². The molecule has 1 fully saturated rings. The molecule has 0 aliphatic heterocycles. The minimum atomic E-state index is 0.670. The third-order valence-corrected chi connectivity index (χ3v) is 3.60. The lowest BCUT2D eigenvalue weighted by Gasteiger charge is -2.07. The summed E-state index contributed by atoms with van der Waals surface area (Å²) >= 11 is 0. The largest absolute Gasteiger partial charge is 0.345 e. The summed E-state index contributed by atoms with van der Waals surface area (Å²) in [7, 11) is 0. The van der Waals surface area contributed by atoms with Gasteiger partial charge in [-0.25, -0.2) is 4.98 Å². The highest BCUT2D eigenvalue weighted by atomic mass is 15.0. The van der Waals surface area contributed by atoms with Gasteiger partial charge in [-0.05, 0) is 37.6 Å². The van der Waals surface area contributed by atoms with Crippen LogP contribution in [0.5, 0.6) is 0 Å². The number of nitrogens with zero attached hydrogens (tertiary/aromatic N) is 1. The van der Waals surface area contributed by atoms with Crippen molar-refractivity contribution in [3.05, 3.63) is 17.7 Å². The smallest absolute Gasteiger partial charge is 0.109 e. The molecule has 96 valence electrons. The first-order valence-corrected chi connectivity index (χ1v) is 6.89. The van der Waals surface area contributed by atoms with E-state index >= 15 is 0 Å². The van der Waals surface area contributed by atoms with Crippen molar-refractivity contribution < 1.29 is 0 Å². The van der Waals surface area contributed by atoms with Crippen LogP contribution >= 0.6 is 0 Å². The fourth-order valence-corrected chi connectivity index (χ4v) is 2.62. The summed E-state index contributed by atoms with van der Waals surface area (Å²) in [6, 6.07) is 0. The Kier molecular flexibility index (Phi) is 4.21. The zero-order chi connectivity index (χ0) is 12.3. The SMILES string of the molecule is CC(C)CNCc1cnc(C2CCC(C)C2)[nH]1. The van der Waals surface area contributed by atoms with E-state index in [1.165, 1.54) is 30.8 Å². The van der Waals surface area contributed by atoms with Crippen LogP contribution in [0.25, 0.3) is 0 Å². The fourth-order valence-electron chi connectivity index (χ4n) is 2.62. The summed E-state index contributed by atoms with van der Waals surface area (Å²) in [6.07, 6.45) is 5.94. The molecule has 0 aromatic carbocycles. The molecule has 1 aliphatic carbocycles. The zero-order valence-electron chi connectivity index (χ0n) is 11.3. The topological polar surface area (TPSA) is 40.7 Å². The molecule has 2 atom stereocenters. The van der Waals surface area contributed by atoms with Gasteiger partial charge in [0.05, 0.1) is 0 Å². The number of H-pyrrole nitrogens is 1. The summed E-state index contributed by atoms with van der Waals surface area (Å²) in [5, 5.41) is 3.44. The third kappa shape index (κ3) is 3.56. The number of aromatic amines is 1. The number of imidazole rings is 1. The van der Waals surface area contributed by atoms with Gasteiger partial charge in [0.1, 0.15) is 5.82 Å². The lowest BCUT2D eigenvalue weighted by Crippen LogP contribution is -2.19. The molecule has 1 aliphatic rings. The summed E-state index contributed by atoms with van der Waals surface area (Å²) in [5.41, 5.74) is 1.22. The van der Waals surface area contributed by atoms with Crippen molar-refractivity contribution >= 4 is 0 Å². The second-order valence-electron chi connectivity index (χ2n) is 5.93. The van der Waals surface area contributed by atoms with Crippen LogP contribution in [0.2, 0.25) is 0 Å². The molecule has 0 radical (unpaired) electrons. The predicted molar refractivity (Wildman–Crippen MR) is 70.9 cm³/mol. The van der Waals surface area contributed by atoms with Gasteiger partial charge in [0.2, 0.25) is 0 Å². The molecule has 0 bridgehead atoms. The Bertz CT molecular complexity index is 343. The van der Waals surface area contributed by atoms with Crippen molar-refractivity contribution in [3.63, 3.8) is 0 Å². The van der Waals surface area contributed by atoms with E-state index in [0.717, 1.165) is 19.0 Å². The molecule has 1 heterocycles. The Balaban J connectivity index is 1.83. The van der Waals surface area contributed by atoms with E-state index in [4.69, 9.17) is 0 Å². The molecule has 1 saturated carbocycles. The van der Waals surface area contributed by atoms with Crippen molar-refractivity contribution in [3.8, 4) is 0 Å². The Morgan fingerprint density at radius 2 is 2.29 bits per heavy atom. The minimum absolute atomic E-state index is 0.670. The molecular formula is C14H25N3. The molecule has 3 nitrogen and oxygen atoms in total. The highest BCUT2D eigenvalue weighted by Crippen LogP contribution is 2.36. The second-order valence-corrected chi connectivity index (χ2v) is 5.93. The fraction of sp³-hybridized carbons (Fsp3) is 0.786. The third-order valence-electron chi connectivity index (χ3n) is 3.60. The van der Waals surface area contributed by atoms with Gasteiger partial charge in [-0.3, -0.25) is 0 Å². The van der Waals surface area contributed by atoms with E-state index in [1.807, 2.05) is 6.20 Å². The van der Waals surface area contributed by atoms with Crippen LogP contribution in [-0.4, -0.2) is 16.5 Å². The first-order valence-electron chi connectivity index (χ1n) is 6.89. The normalized spacial score (nSPS) is 24.7. The van der Waals surface area contributed by atoms with Crippen molar-refractivity contribution in [2.75, 3.05) is 6.54 Å². The molecule has 2 N–H and O–H groups in total. The van der Waals surface area contributed by atoms with E-state index in [2.05, 4.69) is 36.1 Å². The molecule has 2 unspecified atom stereocenters. The van der Waals surface area contributed by atoms with Crippen LogP contribution in [0.15, 0.2) is 6.20 Å². The molecular weight excluding hydrogens is 210 g/mol. The van der Waals surface area contributed by atoms with Crippen LogP contribution in [0, 0.1) is 11.8 Å². The van der Waals surface area contributed by atoms with Crippen LogP contribution in [-0.2, 0) is 6.54 Å². The quantitative estimate of drug-likeness (QED) is 0.823. The van der Waals surface area contributed by atoms with E-state index in [0.29, 0.717) is 11.8 Å². The van der Waals surface area contributed by atoms with Crippen molar-refractivity contribution in [1.29, 1.82) is 0 Å². The Labute approximate surface area is 104 Å². The van der Waals surface area contributed by atoms with Gasteiger partial charge in [-0.15, -0.1) is 0 Å². The minimum Gasteiger partial charge on any atom is -0.345 e. The number of hydrogen-bond acceptors (Lipinski definition) is 2. The van der Waals surface area contributed by atoms with Gasteiger partial charge in [0, 0.05) is 24.4 Å². The summed E-state index contributed by atoms with van der Waals surface area (Å²) in [4.78, 5) is 8.01. The molecule has 1 aromatic heterocycles. The summed E-state index contributed by atoms with van der Waals surface area (Å²) in [6.45, 7) is 8.77. The van der Waals surface area contributed by atoms with E-state index in [1.54, 1.807) is 0 Å². The average Bonchev–Trinajstić information content (AvgIpc) is 2.86. The first-order chi connectivity index (χ1) is 8.15. The summed E-state index contributed by atoms with van der Waals surface area (Å²) in [5.74, 6) is 3.44. The van der Waals surface area contributed by atoms with E-state index in [-0.39, 0.29) is 0 Å². The highest BCUT2D eigenvalue weighted by molar-refractivity contribution is 5.07. The van der Waals surface area contributed by atoms with Gasteiger partial charge >= 0.3 is 0 Å². The average molecular weight is 235 g/mol. The Morgan fingerprint density at radius 3 is 2.94 bits per heavy atom. The molecule has 2 rings (SSSR count). The molecule has 0 spiro atoms. The summed E-state index contributed by atoms with van der Waals surface area (Å²) < 4.78 is 0. The van der Waals surface area contributed by atoms with Crippen LogP contribution in [0.1, 0.15) is 57.5 Å². The number of aromatic nitrogens is 2. The highest BCUT2D eigenvalue weighted by Gasteiger charge is 2.24. The molecule has 0 amide bonds. The maximum atomic E-state index is 4.53. The Morgan fingerprint density at radius 1 is 1.47 bits per heavy atom. The molecule has 1 aromatic rings. The van der Waals surface area contributed by atoms with Crippen LogP contribution in [0.3, 0.4) is 0 Å². The monoisotopic (exact) mass is 235 g/mol. The lowest BCUT2D eigenvalue weighted by molar-refractivity contribution is 0.547. The van der Waals surface area contributed by atoms with Crippen LogP contribution < -0.4 is 5.32 Å². The van der Waals surface area contributed by atoms with Gasteiger partial charge in [0.15, 0.2) is 0 Å². The van der Waals surface area contributed by atoms with Crippen molar-refractivity contribution in [1.82, 2.24) is 15.3 Å². The number of hydrogen-bond donors (Lipinski definition) is 2. The standard InChI is InChI=1S/C14H25N3/c1-10(2)7-15-8-13-9-16-14(17-13)12-5-4-11(3)6-12/h9-12,15H,4-8H2,1-3H3,(H,16,17). The van der Waals surface area contributed by atoms with Crippen LogP contribution in [0.4, 0.5) is 0 Å². The van der Waals surface area contributed by atoms with Crippen molar-refractivity contribution in [2.24, 2.45) is 11.8 Å². The molecule has 3 heteroatoms. The zero-order valence-corrected chi connectivity index (χ0v) is 11.3.